The lowest BCUT2D eigenvalue weighted by atomic mass is 10.1. The van der Waals surface area contributed by atoms with Crippen molar-refractivity contribution >= 4 is 0 Å². The summed E-state index contributed by atoms with van der Waals surface area (Å²) >= 11 is 0. The minimum absolute atomic E-state index is 0.0336. The molecule has 1 aliphatic rings. The van der Waals surface area contributed by atoms with Gasteiger partial charge in [-0.1, -0.05) is 6.08 Å². The van der Waals surface area contributed by atoms with Crippen LogP contribution in [0.4, 0.5) is 4.39 Å². The molecule has 0 aliphatic heterocycles. The van der Waals surface area contributed by atoms with Crippen LogP contribution in [0.25, 0.3) is 0 Å². The van der Waals surface area contributed by atoms with E-state index in [0.29, 0.717) is 6.42 Å². The van der Waals surface area contributed by atoms with E-state index in [1.807, 2.05) is 6.42 Å². The van der Waals surface area contributed by atoms with Crippen molar-refractivity contribution in [1.82, 2.24) is 0 Å². The predicted molar refractivity (Wildman–Crippen MR) is 27.3 cm³/mol. The zero-order valence-electron chi connectivity index (χ0n) is 4.15. The fourth-order valence-electron chi connectivity index (χ4n) is 0.681. The van der Waals surface area contributed by atoms with Crippen molar-refractivity contribution in [2.45, 2.75) is 19.3 Å². The van der Waals surface area contributed by atoms with E-state index < -0.39 is 0 Å². The Morgan fingerprint density at radius 1 is 1.43 bits per heavy atom. The van der Waals surface area contributed by atoms with Gasteiger partial charge in [-0.05, 0) is 19.3 Å². The van der Waals surface area contributed by atoms with E-state index in [1.54, 1.807) is 6.08 Å². The first-order valence-corrected chi connectivity index (χ1v) is 2.56. The van der Waals surface area contributed by atoms with Gasteiger partial charge in [-0.3, -0.25) is 0 Å². The number of hydrogen-bond donors (Lipinski definition) is 0. The lowest BCUT2D eigenvalue weighted by Crippen LogP contribution is -1.85. The maximum absolute atomic E-state index is 12.0. The molecule has 0 nitrogen and oxygen atoms in total. The largest absolute Gasteiger partial charge is 0.212 e. The minimum Gasteiger partial charge on any atom is -0.212 e. The van der Waals surface area contributed by atoms with E-state index >= 15 is 0 Å². The highest BCUT2D eigenvalue weighted by molar-refractivity contribution is 5.00. The number of rotatable bonds is 0. The summed E-state index contributed by atoms with van der Waals surface area (Å²) in [5.74, 6) is 0.0336. The molecular weight excluding hydrogens is 91.1 g/mol. The molecule has 0 aromatic carbocycles. The van der Waals surface area contributed by atoms with E-state index in [9.17, 15) is 4.39 Å². The van der Waals surface area contributed by atoms with E-state index in [4.69, 9.17) is 0 Å². The monoisotopic (exact) mass is 99.1 g/mol. The van der Waals surface area contributed by atoms with Crippen LogP contribution in [0.5, 0.6) is 0 Å². The zero-order chi connectivity index (χ0) is 5.11. The molecule has 0 spiro atoms. The van der Waals surface area contributed by atoms with Crippen LogP contribution in [-0.2, 0) is 0 Å². The van der Waals surface area contributed by atoms with Crippen molar-refractivity contribution in [1.29, 1.82) is 0 Å². The van der Waals surface area contributed by atoms with Gasteiger partial charge in [0.05, 0.1) is 5.83 Å². The number of halogens is 1. The Kier molecular flexibility index (Phi) is 1.45. The molecule has 0 amide bonds. The normalized spacial score (nSPS) is 21.6. The van der Waals surface area contributed by atoms with Gasteiger partial charge in [0.25, 0.3) is 0 Å². The second-order valence-corrected chi connectivity index (χ2v) is 1.72. The molecule has 0 aromatic heterocycles. The molecule has 0 aromatic rings. The van der Waals surface area contributed by atoms with E-state index in [-0.39, 0.29) is 5.83 Å². The molecule has 1 aliphatic carbocycles. The topological polar surface area (TPSA) is 0 Å². The molecule has 0 bridgehead atoms. The molecule has 0 heterocycles. The molecule has 1 radical (unpaired) electrons. The number of allylic oxidation sites excluding steroid dienone is 2. The highest BCUT2D eigenvalue weighted by Gasteiger charge is 1.99. The molecule has 0 saturated heterocycles. The first kappa shape index (κ1) is 4.82. The molecule has 7 heavy (non-hydrogen) atoms. The van der Waals surface area contributed by atoms with Crippen LogP contribution in [0, 0.1) is 6.42 Å². The zero-order valence-corrected chi connectivity index (χ0v) is 4.15. The van der Waals surface area contributed by atoms with Crippen LogP contribution < -0.4 is 0 Å². The van der Waals surface area contributed by atoms with Gasteiger partial charge >= 0.3 is 0 Å². The van der Waals surface area contributed by atoms with Crippen molar-refractivity contribution in [3.63, 3.8) is 0 Å². The van der Waals surface area contributed by atoms with Gasteiger partial charge in [0.1, 0.15) is 0 Å². The quantitative estimate of drug-likeness (QED) is 0.437. The summed E-state index contributed by atoms with van der Waals surface area (Å²) in [7, 11) is 0. The standard InChI is InChI=1S/C6H8F/c7-6-4-2-1-3-5-6/h2,5H,1,3-4H2. The summed E-state index contributed by atoms with van der Waals surface area (Å²) in [5, 5.41) is 0. The fraction of sp³-hybridized carbons (Fsp3) is 0.500. The third kappa shape index (κ3) is 1.30. The second kappa shape index (κ2) is 2.10. The van der Waals surface area contributed by atoms with Crippen molar-refractivity contribution in [2.75, 3.05) is 0 Å². The maximum Gasteiger partial charge on any atom is 0.0962 e. The molecule has 0 saturated carbocycles. The summed E-state index contributed by atoms with van der Waals surface area (Å²) < 4.78 is 12.0. The highest BCUT2D eigenvalue weighted by atomic mass is 19.1. The van der Waals surface area contributed by atoms with Crippen molar-refractivity contribution < 1.29 is 4.39 Å². The summed E-state index contributed by atoms with van der Waals surface area (Å²) in [5.41, 5.74) is 0. The van der Waals surface area contributed by atoms with Crippen LogP contribution >= 0.6 is 0 Å². The molecule has 0 N–H and O–H groups in total. The Morgan fingerprint density at radius 3 is 2.57 bits per heavy atom. The van der Waals surface area contributed by atoms with Crippen LogP contribution in [0.15, 0.2) is 11.9 Å². The first-order chi connectivity index (χ1) is 3.39. The van der Waals surface area contributed by atoms with Crippen molar-refractivity contribution in [2.24, 2.45) is 0 Å². The van der Waals surface area contributed by atoms with Crippen LogP contribution in [0.1, 0.15) is 19.3 Å². The molecule has 39 valence electrons. The van der Waals surface area contributed by atoms with E-state index in [0.717, 1.165) is 12.8 Å². The number of hydrogen-bond acceptors (Lipinski definition) is 0. The molecule has 0 fully saturated rings. The molecule has 1 heteroatoms. The van der Waals surface area contributed by atoms with Crippen LogP contribution in [-0.4, -0.2) is 0 Å². The van der Waals surface area contributed by atoms with Crippen molar-refractivity contribution in [3.05, 3.63) is 18.3 Å². The van der Waals surface area contributed by atoms with Gasteiger partial charge in [-0.2, -0.15) is 0 Å². The van der Waals surface area contributed by atoms with Gasteiger partial charge in [0.15, 0.2) is 0 Å². The van der Waals surface area contributed by atoms with Gasteiger partial charge in [0, 0.05) is 6.42 Å². The average Bonchev–Trinajstić information content (AvgIpc) is 1.69. The third-order valence-electron chi connectivity index (χ3n) is 1.08. The van der Waals surface area contributed by atoms with E-state index in [2.05, 4.69) is 0 Å². The third-order valence-corrected chi connectivity index (χ3v) is 1.08. The summed E-state index contributed by atoms with van der Waals surface area (Å²) in [6.45, 7) is 0. The minimum atomic E-state index is 0.0336. The van der Waals surface area contributed by atoms with Crippen molar-refractivity contribution in [3.8, 4) is 0 Å². The van der Waals surface area contributed by atoms with Gasteiger partial charge in [0.2, 0.25) is 0 Å². The summed E-state index contributed by atoms with van der Waals surface area (Å²) in [6, 6.07) is 0. The summed E-state index contributed by atoms with van der Waals surface area (Å²) in [4.78, 5) is 0. The fourth-order valence-corrected chi connectivity index (χ4v) is 0.681. The Balaban J connectivity index is 2.40. The predicted octanol–water partition coefficient (Wildman–Crippen LogP) is 2.23. The van der Waals surface area contributed by atoms with Gasteiger partial charge in [-0.15, -0.1) is 0 Å². The lowest BCUT2D eigenvalue weighted by Gasteiger charge is -2.01. The SMILES string of the molecule is FC1=CCC[CH]C1. The molecule has 0 atom stereocenters. The average molecular weight is 99.1 g/mol. The molecular formula is C6H8F. The Morgan fingerprint density at radius 2 is 2.29 bits per heavy atom. The second-order valence-electron chi connectivity index (χ2n) is 1.72. The Labute approximate surface area is 43.0 Å². The molecule has 1 rings (SSSR count). The lowest BCUT2D eigenvalue weighted by molar-refractivity contribution is 0.580. The first-order valence-electron chi connectivity index (χ1n) is 2.56. The van der Waals surface area contributed by atoms with Gasteiger partial charge < -0.3 is 0 Å². The van der Waals surface area contributed by atoms with Crippen LogP contribution in [0.2, 0.25) is 0 Å². The maximum atomic E-state index is 12.0. The smallest absolute Gasteiger partial charge is 0.0962 e. The molecule has 0 unspecified atom stereocenters. The Bertz CT molecular complexity index is 84.2. The Hall–Kier alpha value is -0.330. The van der Waals surface area contributed by atoms with Crippen LogP contribution in [0.3, 0.4) is 0 Å². The summed E-state index contributed by atoms with van der Waals surface area (Å²) in [6.07, 6.45) is 6.12. The highest BCUT2D eigenvalue weighted by Crippen LogP contribution is 2.16. The van der Waals surface area contributed by atoms with Gasteiger partial charge in [-0.25, -0.2) is 4.39 Å². The van der Waals surface area contributed by atoms with E-state index in [1.165, 1.54) is 0 Å².